The lowest BCUT2D eigenvalue weighted by atomic mass is 9.99. The molecular formula is C13H16ClF3N2O3. The third-order valence-electron chi connectivity index (χ3n) is 3.42. The first-order valence-electron chi connectivity index (χ1n) is 6.57. The van der Waals surface area contributed by atoms with E-state index in [0.717, 1.165) is 38.1 Å². The Balaban J connectivity index is 0.00000242. The zero-order chi connectivity index (χ0) is 15.5. The molecule has 1 N–H and O–H groups in total. The third kappa shape index (κ3) is 4.74. The predicted molar refractivity (Wildman–Crippen MR) is 76.4 cm³/mol. The summed E-state index contributed by atoms with van der Waals surface area (Å²) in [5.41, 5.74) is -1.71. The van der Waals surface area contributed by atoms with E-state index < -0.39 is 22.4 Å². The second-order valence-corrected chi connectivity index (χ2v) is 4.94. The van der Waals surface area contributed by atoms with Gasteiger partial charge in [0.25, 0.3) is 0 Å². The van der Waals surface area contributed by atoms with Crippen molar-refractivity contribution in [2.75, 3.05) is 19.7 Å². The van der Waals surface area contributed by atoms with Crippen molar-refractivity contribution < 1.29 is 22.8 Å². The van der Waals surface area contributed by atoms with Crippen molar-refractivity contribution in [2.24, 2.45) is 5.92 Å². The fourth-order valence-corrected chi connectivity index (χ4v) is 2.21. The van der Waals surface area contributed by atoms with Crippen molar-refractivity contribution >= 4 is 18.1 Å². The van der Waals surface area contributed by atoms with Crippen LogP contribution < -0.4 is 10.1 Å². The summed E-state index contributed by atoms with van der Waals surface area (Å²) < 4.78 is 43.1. The van der Waals surface area contributed by atoms with Gasteiger partial charge in [-0.2, -0.15) is 13.2 Å². The second kappa shape index (κ2) is 7.64. The Kier molecular flexibility index (Phi) is 6.43. The Labute approximate surface area is 131 Å². The number of rotatable bonds is 4. The summed E-state index contributed by atoms with van der Waals surface area (Å²) in [6.45, 7) is 1.97. The van der Waals surface area contributed by atoms with Gasteiger partial charge in [-0.1, -0.05) is 0 Å². The fourth-order valence-electron chi connectivity index (χ4n) is 2.21. The average Bonchev–Trinajstić information content (AvgIpc) is 2.45. The van der Waals surface area contributed by atoms with Crippen LogP contribution in [0.15, 0.2) is 18.2 Å². The minimum atomic E-state index is -4.61. The predicted octanol–water partition coefficient (Wildman–Crippen LogP) is 3.41. The maximum atomic E-state index is 12.6. The van der Waals surface area contributed by atoms with Gasteiger partial charge in [0.1, 0.15) is 0 Å². The molecule has 0 atom stereocenters. The van der Waals surface area contributed by atoms with Gasteiger partial charge < -0.3 is 10.1 Å². The van der Waals surface area contributed by atoms with Gasteiger partial charge in [0.15, 0.2) is 5.75 Å². The van der Waals surface area contributed by atoms with Crippen LogP contribution in [0.5, 0.6) is 5.75 Å². The molecule has 1 heterocycles. The van der Waals surface area contributed by atoms with E-state index in [4.69, 9.17) is 4.74 Å². The van der Waals surface area contributed by atoms with Gasteiger partial charge in [-0.3, -0.25) is 10.1 Å². The number of nitrogens with one attached hydrogen (secondary N) is 1. The smallest absolute Gasteiger partial charge is 0.416 e. The van der Waals surface area contributed by atoms with Crippen LogP contribution in [0.2, 0.25) is 0 Å². The van der Waals surface area contributed by atoms with E-state index in [1.165, 1.54) is 0 Å². The molecule has 0 aromatic heterocycles. The molecule has 0 spiro atoms. The number of piperidine rings is 1. The largest absolute Gasteiger partial charge is 0.487 e. The first-order valence-corrected chi connectivity index (χ1v) is 6.57. The van der Waals surface area contributed by atoms with E-state index in [1.807, 2.05) is 0 Å². The van der Waals surface area contributed by atoms with Crippen LogP contribution in [0.1, 0.15) is 18.4 Å². The highest BCUT2D eigenvalue weighted by atomic mass is 35.5. The highest BCUT2D eigenvalue weighted by Crippen LogP contribution is 2.36. The molecule has 0 aliphatic carbocycles. The second-order valence-electron chi connectivity index (χ2n) is 4.94. The summed E-state index contributed by atoms with van der Waals surface area (Å²) in [6, 6.07) is 2.32. The number of hydrogen-bond acceptors (Lipinski definition) is 4. The van der Waals surface area contributed by atoms with E-state index >= 15 is 0 Å². The zero-order valence-electron chi connectivity index (χ0n) is 11.6. The maximum Gasteiger partial charge on any atom is 0.416 e. The zero-order valence-corrected chi connectivity index (χ0v) is 12.4. The molecule has 1 aliphatic rings. The van der Waals surface area contributed by atoms with Crippen molar-refractivity contribution in [3.63, 3.8) is 0 Å². The number of hydrogen-bond donors (Lipinski definition) is 1. The number of alkyl halides is 3. The molecule has 1 aromatic rings. The lowest BCUT2D eigenvalue weighted by Gasteiger charge is -2.22. The van der Waals surface area contributed by atoms with Crippen molar-refractivity contribution in [3.8, 4) is 5.75 Å². The van der Waals surface area contributed by atoms with E-state index in [-0.39, 0.29) is 30.7 Å². The Hall–Kier alpha value is -1.54. The molecule has 0 amide bonds. The number of nitrogens with zero attached hydrogens (tertiary/aromatic N) is 1. The number of halogens is 4. The average molecular weight is 341 g/mol. The lowest BCUT2D eigenvalue weighted by Crippen LogP contribution is -2.30. The molecule has 1 aliphatic heterocycles. The fraction of sp³-hybridized carbons (Fsp3) is 0.538. The maximum absolute atomic E-state index is 12.6. The molecule has 1 aromatic carbocycles. The summed E-state index contributed by atoms with van der Waals surface area (Å²) in [5.74, 6) is 0.139. The molecule has 124 valence electrons. The topological polar surface area (TPSA) is 64.4 Å². The van der Waals surface area contributed by atoms with E-state index in [9.17, 15) is 23.3 Å². The van der Waals surface area contributed by atoms with Crippen molar-refractivity contribution in [3.05, 3.63) is 33.9 Å². The highest BCUT2D eigenvalue weighted by Gasteiger charge is 2.33. The van der Waals surface area contributed by atoms with Crippen molar-refractivity contribution in [1.82, 2.24) is 5.32 Å². The molecule has 0 radical (unpaired) electrons. The molecule has 1 fully saturated rings. The molecule has 9 heteroatoms. The van der Waals surface area contributed by atoms with Gasteiger partial charge in [0.05, 0.1) is 17.1 Å². The van der Waals surface area contributed by atoms with Crippen LogP contribution in [-0.4, -0.2) is 24.6 Å². The molecule has 0 saturated carbocycles. The summed E-state index contributed by atoms with van der Waals surface area (Å²) in [5, 5.41) is 14.1. The van der Waals surface area contributed by atoms with E-state index in [0.29, 0.717) is 6.07 Å². The first kappa shape index (κ1) is 18.5. The Morgan fingerprint density at radius 2 is 1.95 bits per heavy atom. The van der Waals surface area contributed by atoms with E-state index in [2.05, 4.69) is 5.32 Å². The van der Waals surface area contributed by atoms with Gasteiger partial charge in [0, 0.05) is 6.07 Å². The van der Waals surface area contributed by atoms with Gasteiger partial charge in [-0.05, 0) is 44.0 Å². The Morgan fingerprint density at radius 3 is 2.50 bits per heavy atom. The van der Waals surface area contributed by atoms with Crippen LogP contribution in [-0.2, 0) is 6.18 Å². The van der Waals surface area contributed by atoms with Crippen LogP contribution in [0.25, 0.3) is 0 Å². The number of nitro benzene ring substituents is 1. The van der Waals surface area contributed by atoms with Crippen molar-refractivity contribution in [2.45, 2.75) is 19.0 Å². The Morgan fingerprint density at radius 1 is 1.32 bits per heavy atom. The summed E-state index contributed by atoms with van der Waals surface area (Å²) >= 11 is 0. The van der Waals surface area contributed by atoms with E-state index in [1.54, 1.807) is 0 Å². The molecule has 5 nitrogen and oxygen atoms in total. The quantitative estimate of drug-likeness (QED) is 0.674. The SMILES string of the molecule is Cl.O=[N+]([O-])c1cc(C(F)(F)F)ccc1OCC1CCNCC1. The minimum absolute atomic E-state index is 0. The lowest BCUT2D eigenvalue weighted by molar-refractivity contribution is -0.386. The van der Waals surface area contributed by atoms with Crippen LogP contribution in [0.4, 0.5) is 18.9 Å². The van der Waals surface area contributed by atoms with Crippen LogP contribution >= 0.6 is 12.4 Å². The number of nitro groups is 1. The van der Waals surface area contributed by atoms with Crippen molar-refractivity contribution in [1.29, 1.82) is 0 Å². The molecule has 22 heavy (non-hydrogen) atoms. The molecular weight excluding hydrogens is 325 g/mol. The molecule has 1 saturated heterocycles. The molecule has 0 unspecified atom stereocenters. The third-order valence-corrected chi connectivity index (χ3v) is 3.42. The normalized spacial score (nSPS) is 16.0. The van der Waals surface area contributed by atoms with Gasteiger partial charge >= 0.3 is 11.9 Å². The Bertz CT molecular complexity index is 520. The highest BCUT2D eigenvalue weighted by molar-refractivity contribution is 5.85. The standard InChI is InChI=1S/C13H15F3N2O3.ClH/c14-13(15,16)10-1-2-12(11(7-10)18(19)20)21-8-9-3-5-17-6-4-9;/h1-2,7,9,17H,3-6,8H2;1H. The molecule has 2 rings (SSSR count). The van der Waals surface area contributed by atoms with Gasteiger partial charge in [0.2, 0.25) is 0 Å². The summed E-state index contributed by atoms with van der Waals surface area (Å²) in [7, 11) is 0. The van der Waals surface area contributed by atoms with Gasteiger partial charge in [-0.25, -0.2) is 0 Å². The number of ether oxygens (including phenoxy) is 1. The summed E-state index contributed by atoms with van der Waals surface area (Å²) in [6.07, 6.45) is -2.85. The van der Waals surface area contributed by atoms with Crippen LogP contribution in [0.3, 0.4) is 0 Å². The minimum Gasteiger partial charge on any atom is -0.487 e. The summed E-state index contributed by atoms with van der Waals surface area (Å²) in [4.78, 5) is 10.0. The van der Waals surface area contributed by atoms with Gasteiger partial charge in [-0.15, -0.1) is 12.4 Å². The monoisotopic (exact) mass is 340 g/mol. The number of benzene rings is 1. The first-order chi connectivity index (χ1) is 9.88. The van der Waals surface area contributed by atoms with Crippen LogP contribution in [0, 0.1) is 16.0 Å². The molecule has 0 bridgehead atoms.